The smallest absolute Gasteiger partial charge is 0.358 e. The first-order valence-electron chi connectivity index (χ1n) is 7.77. The van der Waals surface area contributed by atoms with Crippen LogP contribution in [0.4, 0.5) is 11.5 Å². The fourth-order valence-electron chi connectivity index (χ4n) is 2.41. The Morgan fingerprint density at radius 2 is 1.85 bits per heavy atom. The highest BCUT2D eigenvalue weighted by Crippen LogP contribution is 2.16. The number of carbonyl (C=O) groups is 1. The number of amides is 1. The van der Waals surface area contributed by atoms with Crippen LogP contribution in [-0.2, 0) is 6.54 Å². The van der Waals surface area contributed by atoms with Gasteiger partial charge < -0.3 is 15.4 Å². The number of carbonyl (C=O) groups excluding carboxylic acids is 1. The van der Waals surface area contributed by atoms with Crippen molar-refractivity contribution >= 4 is 29.0 Å². The lowest BCUT2D eigenvalue weighted by atomic mass is 10.1. The van der Waals surface area contributed by atoms with E-state index in [1.807, 2.05) is 0 Å². The van der Waals surface area contributed by atoms with Gasteiger partial charge in [-0.1, -0.05) is 23.7 Å². The molecular weight excluding hydrogens is 356 g/mol. The first-order chi connectivity index (χ1) is 12.4. The van der Waals surface area contributed by atoms with Crippen LogP contribution < -0.4 is 5.32 Å². The van der Waals surface area contributed by atoms with E-state index in [-0.39, 0.29) is 11.7 Å². The Labute approximate surface area is 154 Å². The molecule has 3 rings (SSSR count). The Balaban J connectivity index is 1.69. The van der Waals surface area contributed by atoms with Gasteiger partial charge in [-0.2, -0.15) is 4.68 Å². The number of halogens is 1. The lowest BCUT2D eigenvalue weighted by Crippen LogP contribution is -2.12. The summed E-state index contributed by atoms with van der Waals surface area (Å²) in [7, 11) is 0. The van der Waals surface area contributed by atoms with Gasteiger partial charge in [0, 0.05) is 16.3 Å². The largest absolute Gasteiger partial charge is 0.390 e. The van der Waals surface area contributed by atoms with Crippen molar-refractivity contribution in [2.75, 3.05) is 5.32 Å². The van der Waals surface area contributed by atoms with Gasteiger partial charge in [-0.25, -0.2) is 0 Å². The third-order valence-corrected chi connectivity index (χ3v) is 4.06. The molecule has 0 spiro atoms. The van der Waals surface area contributed by atoms with Gasteiger partial charge in [0.1, 0.15) is 0 Å². The van der Waals surface area contributed by atoms with E-state index < -0.39 is 4.92 Å². The summed E-state index contributed by atoms with van der Waals surface area (Å²) in [4.78, 5) is 22.5. The minimum atomic E-state index is -0.520. The van der Waals surface area contributed by atoms with Crippen LogP contribution in [0.5, 0.6) is 0 Å². The third kappa shape index (κ3) is 4.07. The molecule has 0 aliphatic rings. The minimum Gasteiger partial charge on any atom is -0.358 e. The summed E-state index contributed by atoms with van der Waals surface area (Å²) in [5.74, 6) is -0.411. The van der Waals surface area contributed by atoms with Crippen molar-refractivity contribution < 1.29 is 9.72 Å². The molecule has 132 valence electrons. The molecule has 1 amide bonds. The highest BCUT2D eigenvalue weighted by Gasteiger charge is 2.15. The Morgan fingerprint density at radius 1 is 1.19 bits per heavy atom. The highest BCUT2D eigenvalue weighted by atomic mass is 35.5. The van der Waals surface area contributed by atoms with Gasteiger partial charge in [0.25, 0.3) is 5.91 Å². The second-order valence-electron chi connectivity index (χ2n) is 5.72. The van der Waals surface area contributed by atoms with Gasteiger partial charge in [-0.05, 0) is 53.8 Å². The zero-order chi connectivity index (χ0) is 18.7. The molecule has 0 bridgehead atoms. The Kier molecular flexibility index (Phi) is 4.99. The van der Waals surface area contributed by atoms with Gasteiger partial charge >= 0.3 is 5.82 Å². The van der Waals surface area contributed by atoms with Gasteiger partial charge in [-0.15, -0.1) is 0 Å². The summed E-state index contributed by atoms with van der Waals surface area (Å²) in [6.07, 6.45) is 0. The van der Waals surface area contributed by atoms with Crippen molar-refractivity contribution in [1.29, 1.82) is 0 Å². The Hall–Kier alpha value is -3.19. The fourth-order valence-corrected chi connectivity index (χ4v) is 2.54. The number of anilines is 1. The van der Waals surface area contributed by atoms with Crippen molar-refractivity contribution in [3.8, 4) is 0 Å². The molecule has 0 fully saturated rings. The molecule has 1 N–H and O–H groups in total. The van der Waals surface area contributed by atoms with Crippen molar-refractivity contribution in [1.82, 2.24) is 9.78 Å². The molecule has 0 aliphatic carbocycles. The summed E-state index contributed by atoms with van der Waals surface area (Å²) in [5.41, 5.74) is 2.74. The van der Waals surface area contributed by atoms with Crippen LogP contribution in [0.2, 0.25) is 5.02 Å². The molecule has 0 aliphatic heterocycles. The van der Waals surface area contributed by atoms with E-state index in [9.17, 15) is 14.9 Å². The predicted molar refractivity (Wildman–Crippen MR) is 98.6 cm³/mol. The van der Waals surface area contributed by atoms with Gasteiger partial charge in [0.15, 0.2) is 0 Å². The molecule has 26 heavy (non-hydrogen) atoms. The summed E-state index contributed by atoms with van der Waals surface area (Å²) >= 11 is 5.82. The molecule has 1 aromatic heterocycles. The van der Waals surface area contributed by atoms with Crippen molar-refractivity contribution in [3.05, 3.63) is 86.6 Å². The molecule has 2 aromatic carbocycles. The zero-order valence-corrected chi connectivity index (χ0v) is 14.6. The fraction of sp³-hybridized carbons (Fsp3) is 0.111. The molecule has 0 saturated carbocycles. The maximum atomic E-state index is 12.3. The predicted octanol–water partition coefficient (Wildman–Crippen LogP) is 4.05. The minimum absolute atomic E-state index is 0.179. The van der Waals surface area contributed by atoms with Crippen LogP contribution in [0.25, 0.3) is 0 Å². The van der Waals surface area contributed by atoms with E-state index in [1.54, 1.807) is 60.1 Å². The lowest BCUT2D eigenvalue weighted by molar-refractivity contribution is -0.389. The molecule has 1 heterocycles. The zero-order valence-electron chi connectivity index (χ0n) is 13.8. The average Bonchev–Trinajstić information content (AvgIpc) is 2.98. The molecule has 3 aromatic rings. The molecular formula is C18H15ClN4O3. The molecule has 0 saturated heterocycles. The maximum absolute atomic E-state index is 12.3. The third-order valence-electron chi connectivity index (χ3n) is 3.81. The summed E-state index contributed by atoms with van der Waals surface area (Å²) in [6.45, 7) is 2.15. The normalized spacial score (nSPS) is 10.5. The summed E-state index contributed by atoms with van der Waals surface area (Å²) < 4.78 is 1.56. The van der Waals surface area contributed by atoms with E-state index >= 15 is 0 Å². The second-order valence-corrected chi connectivity index (χ2v) is 6.15. The average molecular weight is 371 g/mol. The van der Waals surface area contributed by atoms with Gasteiger partial charge in [0.05, 0.1) is 23.4 Å². The number of aryl methyl sites for hydroxylation is 1. The monoisotopic (exact) mass is 370 g/mol. The summed E-state index contributed by atoms with van der Waals surface area (Å²) in [5, 5.41) is 18.1. The van der Waals surface area contributed by atoms with Crippen LogP contribution in [0.15, 0.2) is 54.6 Å². The molecule has 7 nitrogen and oxygen atoms in total. The molecule has 0 radical (unpaired) electrons. The topological polar surface area (TPSA) is 90.1 Å². The number of benzene rings is 2. The number of rotatable bonds is 5. The quantitative estimate of drug-likeness (QED) is 0.541. The maximum Gasteiger partial charge on any atom is 0.390 e. The lowest BCUT2D eigenvalue weighted by Gasteiger charge is -2.06. The molecule has 0 atom stereocenters. The number of nitrogens with one attached hydrogen (secondary N) is 1. The Morgan fingerprint density at radius 3 is 2.42 bits per heavy atom. The van der Waals surface area contributed by atoms with E-state index in [0.717, 1.165) is 5.56 Å². The van der Waals surface area contributed by atoms with Crippen LogP contribution in [-0.4, -0.2) is 20.6 Å². The highest BCUT2D eigenvalue weighted by molar-refractivity contribution is 6.30. The van der Waals surface area contributed by atoms with E-state index in [0.29, 0.717) is 28.5 Å². The summed E-state index contributed by atoms with van der Waals surface area (Å²) in [6, 6.07) is 15.3. The van der Waals surface area contributed by atoms with Crippen molar-refractivity contribution in [3.63, 3.8) is 0 Å². The number of hydrogen-bond donors (Lipinski definition) is 1. The first-order valence-corrected chi connectivity index (χ1v) is 8.15. The number of aromatic nitrogens is 2. The van der Waals surface area contributed by atoms with Gasteiger partial charge in [0.2, 0.25) is 0 Å². The first kappa shape index (κ1) is 17.6. The van der Waals surface area contributed by atoms with Crippen LogP contribution in [0.3, 0.4) is 0 Å². The van der Waals surface area contributed by atoms with E-state index in [4.69, 9.17) is 11.6 Å². The van der Waals surface area contributed by atoms with Gasteiger partial charge in [-0.3, -0.25) is 4.79 Å². The molecule has 0 unspecified atom stereocenters. The number of hydrogen-bond acceptors (Lipinski definition) is 4. The number of nitrogens with zero attached hydrogens (tertiary/aromatic N) is 3. The Bertz CT molecular complexity index is 950. The van der Waals surface area contributed by atoms with Crippen molar-refractivity contribution in [2.45, 2.75) is 13.5 Å². The standard InChI is InChI=1S/C18H15ClN4O3/c1-12-10-17(23(25)26)21-22(12)11-13-2-4-14(5-3-13)18(24)20-16-8-6-15(19)7-9-16/h2-10H,11H2,1H3,(H,20,24). The van der Waals surface area contributed by atoms with Crippen LogP contribution >= 0.6 is 11.6 Å². The van der Waals surface area contributed by atoms with Crippen molar-refractivity contribution in [2.24, 2.45) is 0 Å². The van der Waals surface area contributed by atoms with Crippen LogP contribution in [0.1, 0.15) is 21.6 Å². The SMILES string of the molecule is Cc1cc([N+](=O)[O-])nn1Cc1ccc(C(=O)Nc2ccc(Cl)cc2)cc1. The number of nitro groups is 1. The molecule has 8 heteroatoms. The second kappa shape index (κ2) is 7.37. The van der Waals surface area contributed by atoms with Crippen LogP contribution in [0, 0.1) is 17.0 Å². The van der Waals surface area contributed by atoms with E-state index in [2.05, 4.69) is 10.4 Å². The van der Waals surface area contributed by atoms with E-state index in [1.165, 1.54) is 6.07 Å².